The lowest BCUT2D eigenvalue weighted by atomic mass is 10.0. The Morgan fingerprint density at radius 2 is 1.58 bits per heavy atom. The van der Waals surface area contributed by atoms with Crippen LogP contribution in [0.4, 0.5) is 11.4 Å². The lowest BCUT2D eigenvalue weighted by molar-refractivity contribution is -0.159. The summed E-state index contributed by atoms with van der Waals surface area (Å²) in [5, 5.41) is 17.7. The van der Waals surface area contributed by atoms with Gasteiger partial charge in [0.2, 0.25) is 5.91 Å². The summed E-state index contributed by atoms with van der Waals surface area (Å²) in [6.07, 6.45) is 3.54. The number of ether oxygens (including phenoxy) is 2. The molecule has 0 bridgehead atoms. The molecule has 0 aromatic heterocycles. The first-order valence-corrected chi connectivity index (χ1v) is 12.0. The van der Waals surface area contributed by atoms with Crippen molar-refractivity contribution in [3.8, 4) is 11.5 Å². The summed E-state index contributed by atoms with van der Waals surface area (Å²) in [6.45, 7) is 6.13. The van der Waals surface area contributed by atoms with Crippen LogP contribution in [0.5, 0.6) is 11.5 Å². The fourth-order valence-corrected chi connectivity index (χ4v) is 4.09. The molecule has 1 fully saturated rings. The van der Waals surface area contributed by atoms with Crippen LogP contribution >= 0.6 is 0 Å². The highest BCUT2D eigenvalue weighted by Gasteiger charge is 2.17. The molecule has 0 radical (unpaired) electrons. The van der Waals surface area contributed by atoms with Crippen LogP contribution < -0.4 is 19.7 Å². The number of hydrogen-bond donors (Lipinski definition) is 3. The number of carboxylic acid groups (broad SMARTS) is 2. The molecule has 0 aliphatic carbocycles. The fraction of sp³-hybridized carbons (Fsp3) is 0.423. The van der Waals surface area contributed by atoms with Gasteiger partial charge in [-0.1, -0.05) is 6.07 Å². The summed E-state index contributed by atoms with van der Waals surface area (Å²) in [6, 6.07) is 14.3. The molecule has 2 aliphatic heterocycles. The van der Waals surface area contributed by atoms with Crippen molar-refractivity contribution in [1.82, 2.24) is 4.90 Å². The van der Waals surface area contributed by atoms with Crippen LogP contribution in [0.3, 0.4) is 0 Å². The van der Waals surface area contributed by atoms with Gasteiger partial charge in [0, 0.05) is 50.0 Å². The number of nitrogens with one attached hydrogen (secondary N) is 1. The van der Waals surface area contributed by atoms with Crippen molar-refractivity contribution >= 4 is 29.2 Å². The van der Waals surface area contributed by atoms with Crippen molar-refractivity contribution in [3.05, 3.63) is 48.0 Å². The zero-order valence-corrected chi connectivity index (χ0v) is 20.4. The van der Waals surface area contributed by atoms with E-state index in [1.54, 1.807) is 7.11 Å². The summed E-state index contributed by atoms with van der Waals surface area (Å²) in [7, 11) is 1.70. The Morgan fingerprint density at radius 1 is 0.917 bits per heavy atom. The number of amides is 1. The number of carboxylic acids is 2. The molecule has 0 atom stereocenters. The van der Waals surface area contributed by atoms with E-state index in [1.807, 2.05) is 24.3 Å². The Labute approximate surface area is 210 Å². The summed E-state index contributed by atoms with van der Waals surface area (Å²) in [5.41, 5.74) is 3.36. The Kier molecular flexibility index (Phi) is 9.93. The average molecular weight is 500 g/mol. The van der Waals surface area contributed by atoms with Gasteiger partial charge in [0.05, 0.1) is 13.7 Å². The number of methoxy groups -OCH3 is 1. The van der Waals surface area contributed by atoms with Gasteiger partial charge < -0.3 is 29.9 Å². The minimum Gasteiger partial charge on any atom is -0.497 e. The molecule has 2 aromatic carbocycles. The number of carbonyl (C=O) groups excluding carboxylic acids is 1. The Bertz CT molecular complexity index is 1020. The SMILES string of the molecule is COc1ccc(N2CCN(CCCCOc3ccc4c(c3)NC(=O)CC4)CC2)cc1.O=C(O)C(=O)O. The molecule has 0 saturated carbocycles. The molecule has 4 rings (SSSR count). The number of carbonyl (C=O) groups is 3. The van der Waals surface area contributed by atoms with Gasteiger partial charge >= 0.3 is 11.9 Å². The molecule has 2 aliphatic rings. The molecule has 10 heteroatoms. The Hall–Kier alpha value is -3.79. The molecular formula is C26H33N3O7. The number of unbranched alkanes of at least 4 members (excludes halogenated alkanes) is 1. The first-order chi connectivity index (χ1) is 17.4. The summed E-state index contributed by atoms with van der Waals surface area (Å²) in [4.78, 5) is 34.7. The van der Waals surface area contributed by atoms with Gasteiger partial charge in [0.25, 0.3) is 0 Å². The molecule has 2 aromatic rings. The number of piperazine rings is 1. The average Bonchev–Trinajstić information content (AvgIpc) is 2.89. The molecule has 0 unspecified atom stereocenters. The van der Waals surface area contributed by atoms with Crippen LogP contribution in [-0.2, 0) is 20.8 Å². The molecule has 3 N–H and O–H groups in total. The Morgan fingerprint density at radius 3 is 2.22 bits per heavy atom. The van der Waals surface area contributed by atoms with E-state index in [9.17, 15) is 4.79 Å². The van der Waals surface area contributed by atoms with Gasteiger partial charge in [0.1, 0.15) is 11.5 Å². The molecule has 1 amide bonds. The lowest BCUT2D eigenvalue weighted by Gasteiger charge is -2.36. The predicted molar refractivity (Wildman–Crippen MR) is 135 cm³/mol. The molecule has 0 spiro atoms. The van der Waals surface area contributed by atoms with Gasteiger partial charge in [-0.15, -0.1) is 0 Å². The van der Waals surface area contributed by atoms with E-state index in [1.165, 1.54) is 11.3 Å². The zero-order valence-electron chi connectivity index (χ0n) is 20.4. The second-order valence-corrected chi connectivity index (χ2v) is 8.56. The zero-order chi connectivity index (χ0) is 25.9. The first kappa shape index (κ1) is 26.8. The van der Waals surface area contributed by atoms with Gasteiger partial charge in [-0.3, -0.25) is 9.69 Å². The monoisotopic (exact) mass is 499 g/mol. The maximum atomic E-state index is 11.5. The van der Waals surface area contributed by atoms with Crippen LogP contribution in [0.25, 0.3) is 0 Å². The van der Waals surface area contributed by atoms with Crippen molar-refractivity contribution in [2.24, 2.45) is 0 Å². The van der Waals surface area contributed by atoms with Gasteiger partial charge in [-0.05, 0) is 61.7 Å². The molecule has 1 saturated heterocycles. The summed E-state index contributed by atoms with van der Waals surface area (Å²) >= 11 is 0. The van der Waals surface area contributed by atoms with Crippen LogP contribution in [0.2, 0.25) is 0 Å². The topological polar surface area (TPSA) is 129 Å². The quantitative estimate of drug-likeness (QED) is 0.371. The van der Waals surface area contributed by atoms with Crippen LogP contribution in [0, 0.1) is 0 Å². The third-order valence-corrected chi connectivity index (χ3v) is 6.11. The molecule has 36 heavy (non-hydrogen) atoms. The van der Waals surface area contributed by atoms with Crippen molar-refractivity contribution in [1.29, 1.82) is 0 Å². The normalized spacial score (nSPS) is 15.1. The predicted octanol–water partition coefficient (Wildman–Crippen LogP) is 2.72. The Balaban J connectivity index is 0.000000538. The number of aliphatic carboxylic acids is 2. The minimum absolute atomic E-state index is 0.0896. The second-order valence-electron chi connectivity index (χ2n) is 8.56. The van der Waals surface area contributed by atoms with Crippen LogP contribution in [0.1, 0.15) is 24.8 Å². The third-order valence-electron chi connectivity index (χ3n) is 6.11. The van der Waals surface area contributed by atoms with Crippen molar-refractivity contribution in [2.75, 3.05) is 56.7 Å². The largest absolute Gasteiger partial charge is 0.497 e. The molecule has 10 nitrogen and oxygen atoms in total. The number of rotatable bonds is 8. The fourth-order valence-electron chi connectivity index (χ4n) is 4.09. The van der Waals surface area contributed by atoms with E-state index in [2.05, 4.69) is 33.3 Å². The van der Waals surface area contributed by atoms with E-state index in [4.69, 9.17) is 29.3 Å². The first-order valence-electron chi connectivity index (χ1n) is 12.0. The van der Waals surface area contributed by atoms with Gasteiger partial charge in [0.15, 0.2) is 0 Å². The van der Waals surface area contributed by atoms with Crippen molar-refractivity contribution < 1.29 is 34.1 Å². The van der Waals surface area contributed by atoms with E-state index in [-0.39, 0.29) is 5.91 Å². The lowest BCUT2D eigenvalue weighted by Crippen LogP contribution is -2.46. The van der Waals surface area contributed by atoms with Crippen LogP contribution in [-0.4, -0.2) is 79.4 Å². The van der Waals surface area contributed by atoms with E-state index < -0.39 is 11.9 Å². The maximum Gasteiger partial charge on any atom is 0.414 e. The summed E-state index contributed by atoms with van der Waals surface area (Å²) in [5.74, 6) is -1.82. The number of fused-ring (bicyclic) bond motifs is 1. The standard InChI is InChI=1S/C24H31N3O3.C2H2O4/c1-29-21-9-6-20(7-10-21)27-15-13-26(14-16-27)12-2-3-17-30-22-8-4-19-5-11-24(28)25-23(19)18-22;3-1(4)2(5)6/h4,6-10,18H,2-3,5,11-17H2,1H3,(H,25,28);(H,3,4)(H,5,6). The van der Waals surface area contributed by atoms with Crippen LogP contribution in [0.15, 0.2) is 42.5 Å². The third kappa shape index (κ3) is 8.16. The minimum atomic E-state index is -1.82. The number of benzene rings is 2. The van der Waals surface area contributed by atoms with E-state index in [0.29, 0.717) is 13.0 Å². The highest BCUT2D eigenvalue weighted by Crippen LogP contribution is 2.27. The van der Waals surface area contributed by atoms with Crippen molar-refractivity contribution in [2.45, 2.75) is 25.7 Å². The van der Waals surface area contributed by atoms with Crippen molar-refractivity contribution in [3.63, 3.8) is 0 Å². The highest BCUT2D eigenvalue weighted by atomic mass is 16.5. The number of nitrogens with zero attached hydrogens (tertiary/aromatic N) is 2. The maximum absolute atomic E-state index is 11.5. The number of anilines is 2. The summed E-state index contributed by atoms with van der Waals surface area (Å²) < 4.78 is 11.1. The smallest absolute Gasteiger partial charge is 0.414 e. The molecule has 2 heterocycles. The number of aryl methyl sites for hydroxylation is 1. The van der Waals surface area contributed by atoms with Gasteiger partial charge in [-0.25, -0.2) is 9.59 Å². The second kappa shape index (κ2) is 13.3. The number of hydrogen-bond acceptors (Lipinski definition) is 7. The van der Waals surface area contributed by atoms with Gasteiger partial charge in [-0.2, -0.15) is 0 Å². The van der Waals surface area contributed by atoms with E-state index in [0.717, 1.165) is 69.2 Å². The molecule has 194 valence electrons. The molecular weight excluding hydrogens is 466 g/mol. The van der Waals surface area contributed by atoms with E-state index >= 15 is 0 Å². The highest BCUT2D eigenvalue weighted by molar-refractivity contribution is 6.27.